The van der Waals surface area contributed by atoms with Crippen LogP contribution in [-0.2, 0) is 12.8 Å². The summed E-state index contributed by atoms with van der Waals surface area (Å²) in [6.45, 7) is 25.5. The van der Waals surface area contributed by atoms with Gasteiger partial charge in [-0.25, -0.2) is 0 Å². The summed E-state index contributed by atoms with van der Waals surface area (Å²) in [5.41, 5.74) is 14.7. The van der Waals surface area contributed by atoms with E-state index < -0.39 is 0 Å². The minimum atomic E-state index is 0.288. The third-order valence-electron chi connectivity index (χ3n) is 10.1. The highest BCUT2D eigenvalue weighted by Crippen LogP contribution is 2.45. The van der Waals surface area contributed by atoms with E-state index >= 15 is 0 Å². The topological polar surface area (TPSA) is 0 Å². The van der Waals surface area contributed by atoms with Crippen molar-refractivity contribution in [2.24, 2.45) is 35.0 Å². The molecule has 4 atom stereocenters. The van der Waals surface area contributed by atoms with Gasteiger partial charge in [-0.1, -0.05) is 113 Å². The molecule has 3 aliphatic rings. The van der Waals surface area contributed by atoms with Gasteiger partial charge in [0, 0.05) is 5.92 Å². The van der Waals surface area contributed by atoms with Crippen LogP contribution in [0.25, 0.3) is 17.2 Å². The van der Waals surface area contributed by atoms with Crippen molar-refractivity contribution in [2.75, 3.05) is 0 Å². The predicted octanol–water partition coefficient (Wildman–Crippen LogP) is 11.3. The van der Waals surface area contributed by atoms with E-state index in [1.165, 1.54) is 75.8 Å². The van der Waals surface area contributed by atoms with E-state index in [0.29, 0.717) is 11.8 Å². The molecule has 5 rings (SSSR count). The molecule has 0 aromatic heterocycles. The number of allylic oxidation sites excluding steroid dienone is 5. The zero-order chi connectivity index (χ0) is 28.8. The summed E-state index contributed by atoms with van der Waals surface area (Å²) in [5.74, 6) is 3.30. The van der Waals surface area contributed by atoms with Crippen molar-refractivity contribution in [2.45, 2.75) is 93.4 Å². The molecule has 0 radical (unpaired) electrons. The molecule has 0 bridgehead atoms. The molecule has 0 N–H and O–H groups in total. The van der Waals surface area contributed by atoms with Crippen LogP contribution < -0.4 is 0 Å². The molecule has 0 spiro atoms. The molecule has 0 heterocycles. The van der Waals surface area contributed by atoms with Crippen LogP contribution in [0.1, 0.15) is 94.5 Å². The van der Waals surface area contributed by atoms with Crippen LogP contribution in [-0.4, -0.2) is 0 Å². The Hall–Kier alpha value is -2.60. The Balaban J connectivity index is 1.39. The Kier molecular flexibility index (Phi) is 8.20. The number of benzene rings is 2. The van der Waals surface area contributed by atoms with Gasteiger partial charge in [0.25, 0.3) is 0 Å². The monoisotopic (exact) mass is 532 g/mol. The van der Waals surface area contributed by atoms with Crippen LogP contribution in [0.3, 0.4) is 0 Å². The molecule has 0 amide bonds. The van der Waals surface area contributed by atoms with Crippen LogP contribution in [0.2, 0.25) is 0 Å². The molecule has 40 heavy (non-hydrogen) atoms. The second-order valence-corrected chi connectivity index (χ2v) is 15.0. The van der Waals surface area contributed by atoms with E-state index in [9.17, 15) is 0 Å². The lowest BCUT2D eigenvalue weighted by atomic mass is 9.71. The van der Waals surface area contributed by atoms with Gasteiger partial charge in [-0.15, -0.1) is 0 Å². The molecule has 0 heteroatoms. The van der Waals surface area contributed by atoms with Gasteiger partial charge in [0.2, 0.25) is 0 Å². The maximum absolute atomic E-state index is 4.62. The first-order valence-corrected chi connectivity index (χ1v) is 15.9. The molecule has 212 valence electrons. The lowest BCUT2D eigenvalue weighted by Crippen LogP contribution is -2.21. The Morgan fingerprint density at radius 3 is 2.45 bits per heavy atom. The Morgan fingerprint density at radius 1 is 0.975 bits per heavy atom. The molecule has 3 aliphatic carbocycles. The van der Waals surface area contributed by atoms with Crippen LogP contribution in [0, 0.1) is 48.9 Å². The molecular weight excluding hydrogens is 480 g/mol. The van der Waals surface area contributed by atoms with E-state index in [1.54, 1.807) is 5.56 Å². The number of hydrogen-bond donors (Lipinski definition) is 0. The molecule has 2 aromatic rings. The highest BCUT2D eigenvalue weighted by atomic mass is 14.4. The van der Waals surface area contributed by atoms with Gasteiger partial charge in [-0.2, -0.15) is 0 Å². The average molecular weight is 533 g/mol. The summed E-state index contributed by atoms with van der Waals surface area (Å²) < 4.78 is 0. The molecule has 2 aromatic carbocycles. The SMILES string of the molecule is C=C1C=CC(CC(C)(C)C)C(=C)C1CC1=Cc2cccc(-c3cc(C)cc(C)c3CC3CC[C@H](C(C)C)C3)c2C1. The van der Waals surface area contributed by atoms with E-state index in [2.05, 4.69) is 110 Å². The van der Waals surface area contributed by atoms with Gasteiger partial charge < -0.3 is 0 Å². The molecule has 1 fully saturated rings. The number of hydrogen-bond acceptors (Lipinski definition) is 0. The van der Waals surface area contributed by atoms with Crippen LogP contribution in [0.5, 0.6) is 0 Å². The highest BCUT2D eigenvalue weighted by molar-refractivity contribution is 5.80. The van der Waals surface area contributed by atoms with E-state index in [4.69, 9.17) is 0 Å². The second kappa shape index (κ2) is 11.3. The van der Waals surface area contributed by atoms with Crippen molar-refractivity contribution < 1.29 is 0 Å². The third kappa shape index (κ3) is 6.17. The van der Waals surface area contributed by atoms with Crippen molar-refractivity contribution in [3.05, 3.63) is 100 Å². The van der Waals surface area contributed by atoms with Crippen molar-refractivity contribution in [1.82, 2.24) is 0 Å². The van der Waals surface area contributed by atoms with Crippen LogP contribution in [0.4, 0.5) is 0 Å². The summed E-state index contributed by atoms with van der Waals surface area (Å²) in [5, 5.41) is 0. The van der Waals surface area contributed by atoms with Gasteiger partial charge in [-0.05, 0) is 127 Å². The smallest absolute Gasteiger partial charge is 0.00827 e. The molecule has 0 saturated heterocycles. The summed E-state index contributed by atoms with van der Waals surface area (Å²) >= 11 is 0. The highest BCUT2D eigenvalue weighted by Gasteiger charge is 2.31. The minimum Gasteiger partial charge on any atom is -0.0986 e. The van der Waals surface area contributed by atoms with Gasteiger partial charge >= 0.3 is 0 Å². The molecule has 1 saturated carbocycles. The Labute approximate surface area is 245 Å². The Morgan fingerprint density at radius 2 is 1.75 bits per heavy atom. The van der Waals surface area contributed by atoms with E-state index in [1.807, 2.05) is 0 Å². The van der Waals surface area contributed by atoms with Crippen LogP contribution >= 0.6 is 0 Å². The standard InChI is InChI=1S/C40H52/c1-25(2)32-16-14-30(19-32)21-37-28(5)17-26(3)18-39(37)35-12-10-11-33-20-31(23-38(33)35)22-36-27(4)13-15-34(29(36)6)24-40(7,8)9/h10-13,15,17-18,20,25,30,32,34,36H,4,6,14,16,19,21-24H2,1-3,5,7-9H3/t30?,32-,34?,36?/m0/s1. The molecule has 0 aliphatic heterocycles. The van der Waals surface area contributed by atoms with Crippen molar-refractivity contribution in [3.8, 4) is 11.1 Å². The number of fused-ring (bicyclic) bond motifs is 1. The first-order valence-electron chi connectivity index (χ1n) is 15.9. The number of rotatable bonds is 7. The van der Waals surface area contributed by atoms with Crippen LogP contribution in [0.15, 0.2) is 72.4 Å². The van der Waals surface area contributed by atoms with E-state index in [0.717, 1.165) is 37.0 Å². The van der Waals surface area contributed by atoms with Crippen molar-refractivity contribution in [1.29, 1.82) is 0 Å². The van der Waals surface area contributed by atoms with Crippen molar-refractivity contribution in [3.63, 3.8) is 0 Å². The molecular formula is C40H52. The van der Waals surface area contributed by atoms with Gasteiger partial charge in [0.1, 0.15) is 0 Å². The summed E-state index contributed by atoms with van der Waals surface area (Å²) in [7, 11) is 0. The third-order valence-corrected chi connectivity index (χ3v) is 10.1. The predicted molar refractivity (Wildman–Crippen MR) is 175 cm³/mol. The summed E-state index contributed by atoms with van der Waals surface area (Å²) in [6, 6.07) is 11.9. The van der Waals surface area contributed by atoms with Crippen molar-refractivity contribution >= 4 is 6.08 Å². The quantitative estimate of drug-likeness (QED) is 0.311. The molecule has 0 nitrogen and oxygen atoms in total. The summed E-state index contributed by atoms with van der Waals surface area (Å²) in [4.78, 5) is 0. The Bertz CT molecular complexity index is 1350. The lowest BCUT2D eigenvalue weighted by molar-refractivity contribution is 0.334. The maximum Gasteiger partial charge on any atom is 0.00827 e. The van der Waals surface area contributed by atoms with Gasteiger partial charge in [0.05, 0.1) is 0 Å². The fourth-order valence-electron chi connectivity index (χ4n) is 7.88. The normalized spacial score (nSPS) is 24.6. The van der Waals surface area contributed by atoms with Gasteiger partial charge in [-0.3, -0.25) is 0 Å². The zero-order valence-corrected chi connectivity index (χ0v) is 26.4. The fraction of sp³-hybridized carbons (Fsp3) is 0.500. The summed E-state index contributed by atoms with van der Waals surface area (Å²) in [6.07, 6.45) is 15.7. The zero-order valence-electron chi connectivity index (χ0n) is 26.4. The fourth-order valence-corrected chi connectivity index (χ4v) is 7.88. The largest absolute Gasteiger partial charge is 0.0986 e. The average Bonchev–Trinajstić information content (AvgIpc) is 3.51. The first-order chi connectivity index (χ1) is 18.9. The van der Waals surface area contributed by atoms with E-state index in [-0.39, 0.29) is 5.41 Å². The minimum absolute atomic E-state index is 0.288. The lowest BCUT2D eigenvalue weighted by Gasteiger charge is -2.33. The maximum atomic E-state index is 4.62. The second-order valence-electron chi connectivity index (χ2n) is 15.0. The molecule has 3 unspecified atom stereocenters. The van der Waals surface area contributed by atoms with Gasteiger partial charge in [0.15, 0.2) is 0 Å². The number of aryl methyl sites for hydroxylation is 2. The first kappa shape index (κ1) is 28.9.